The van der Waals surface area contributed by atoms with E-state index in [1.54, 1.807) is 0 Å². The molecule has 0 aliphatic carbocycles. The number of nitrogens with zero attached hydrogens (tertiary/aromatic N) is 2. The summed E-state index contributed by atoms with van der Waals surface area (Å²) >= 11 is 0. The Balaban J connectivity index is 1.35. The summed E-state index contributed by atoms with van der Waals surface area (Å²) < 4.78 is 0. The van der Waals surface area contributed by atoms with Crippen molar-refractivity contribution in [2.24, 2.45) is 0 Å². The third kappa shape index (κ3) is 4.52. The van der Waals surface area contributed by atoms with E-state index in [1.807, 2.05) is 0 Å². The van der Waals surface area contributed by atoms with Crippen molar-refractivity contribution in [1.82, 2.24) is 9.80 Å². The van der Waals surface area contributed by atoms with Crippen LogP contribution in [-0.2, 0) is 11.3 Å². The van der Waals surface area contributed by atoms with Gasteiger partial charge in [0.25, 0.3) is 5.91 Å². The van der Waals surface area contributed by atoms with Gasteiger partial charge in [-0.15, -0.1) is 0 Å². The summed E-state index contributed by atoms with van der Waals surface area (Å²) in [7, 11) is -2.21. The maximum Gasteiger partial charge on any atom is 0.264 e. The molecular weight excluding hydrogens is 471 g/mol. The fraction of sp³-hybridized carbons (Fsp3) is 0.242. The summed E-state index contributed by atoms with van der Waals surface area (Å²) in [5.41, 5.74) is 1.30. The van der Waals surface area contributed by atoms with Gasteiger partial charge >= 0.3 is 0 Å². The third-order valence-electron chi connectivity index (χ3n) is 8.11. The molecule has 2 saturated heterocycles. The number of amides is 1. The second-order valence-electron chi connectivity index (χ2n) is 10.2. The topological polar surface area (TPSA) is 23.6 Å². The van der Waals surface area contributed by atoms with Gasteiger partial charge in [0.15, 0.2) is 5.66 Å². The van der Waals surface area contributed by atoms with Gasteiger partial charge in [-0.05, 0) is 48.4 Å². The van der Waals surface area contributed by atoms with E-state index < -0.39 is 7.26 Å². The van der Waals surface area contributed by atoms with Crippen molar-refractivity contribution in [3.8, 4) is 0 Å². The van der Waals surface area contributed by atoms with E-state index in [0.717, 1.165) is 39.0 Å². The Hall–Kier alpha value is -3.26. The Labute approximate surface area is 221 Å². The van der Waals surface area contributed by atoms with Gasteiger partial charge in [-0.2, -0.15) is 0 Å². The first-order valence-electron chi connectivity index (χ1n) is 13.4. The molecule has 0 bridgehead atoms. The van der Waals surface area contributed by atoms with E-state index in [2.05, 4.69) is 131 Å². The minimum absolute atomic E-state index is 0.0390. The molecule has 0 N–H and O–H groups in total. The number of likely N-dealkylation sites (tertiary alicyclic amines) is 2. The van der Waals surface area contributed by atoms with Gasteiger partial charge in [0.2, 0.25) is 0 Å². The predicted octanol–water partition coefficient (Wildman–Crippen LogP) is 4.86. The number of carbonyl (C=O) groups is 1. The van der Waals surface area contributed by atoms with E-state index in [0.29, 0.717) is 11.9 Å². The average molecular weight is 506 g/mol. The quantitative estimate of drug-likeness (QED) is 0.335. The maximum absolute atomic E-state index is 14.5. The van der Waals surface area contributed by atoms with Crippen molar-refractivity contribution in [2.45, 2.75) is 31.1 Å². The van der Waals surface area contributed by atoms with Gasteiger partial charge in [0.05, 0.1) is 0 Å². The zero-order valence-corrected chi connectivity index (χ0v) is 22.1. The number of hydrogen-bond donors (Lipinski definition) is 0. The van der Waals surface area contributed by atoms with E-state index in [1.165, 1.54) is 21.5 Å². The lowest BCUT2D eigenvalue weighted by molar-refractivity contribution is -0.129. The molecule has 0 radical (unpaired) electrons. The highest BCUT2D eigenvalue weighted by Crippen LogP contribution is 2.62. The SMILES string of the molecule is O=C1[C@H]([P+](c2ccccc2)(c2ccccc2)c2ccccc2)CCN1C1CCN(Cc2ccccc2)C1. The molecule has 0 spiro atoms. The van der Waals surface area contributed by atoms with E-state index in [9.17, 15) is 4.79 Å². The molecule has 3 nitrogen and oxygen atoms in total. The number of carbonyl (C=O) groups excluding carboxylic acids is 1. The van der Waals surface area contributed by atoms with Gasteiger partial charge in [0, 0.05) is 38.6 Å². The molecule has 4 aromatic carbocycles. The molecule has 0 aromatic heterocycles. The molecule has 0 saturated carbocycles. The van der Waals surface area contributed by atoms with E-state index in [-0.39, 0.29) is 5.66 Å². The van der Waals surface area contributed by atoms with Gasteiger partial charge in [-0.1, -0.05) is 84.9 Å². The monoisotopic (exact) mass is 505 g/mol. The summed E-state index contributed by atoms with van der Waals surface area (Å²) in [6.07, 6.45) is 1.96. The summed E-state index contributed by atoms with van der Waals surface area (Å²) in [6, 6.07) is 43.5. The van der Waals surface area contributed by atoms with Crippen molar-refractivity contribution < 1.29 is 4.79 Å². The molecule has 2 heterocycles. The lowest BCUT2D eigenvalue weighted by Gasteiger charge is -2.32. The van der Waals surface area contributed by atoms with Crippen LogP contribution in [0.1, 0.15) is 18.4 Å². The molecule has 2 aliphatic heterocycles. The lowest BCUT2D eigenvalue weighted by atomic mass is 10.2. The molecule has 4 heteroatoms. The molecular formula is C33H34N2OP+. The standard InChI is InChI=1S/C33H34N2OP/c36-33-32(22-24-35(33)28-21-23-34(26-28)25-27-13-5-1-6-14-27)37(29-15-7-2-8-16-29,30-17-9-3-10-18-30)31-19-11-4-12-20-31/h1-20,28,32H,21-26H2/q+1/t28?,32-/m1/s1. The van der Waals surface area contributed by atoms with Crippen molar-refractivity contribution >= 4 is 29.1 Å². The van der Waals surface area contributed by atoms with Crippen molar-refractivity contribution in [3.05, 3.63) is 127 Å². The van der Waals surface area contributed by atoms with Gasteiger partial charge < -0.3 is 4.90 Å². The van der Waals surface area contributed by atoms with E-state index in [4.69, 9.17) is 0 Å². The van der Waals surface area contributed by atoms with Crippen molar-refractivity contribution in [1.29, 1.82) is 0 Å². The summed E-state index contributed by atoms with van der Waals surface area (Å²) in [5, 5.41) is 3.89. The molecule has 6 rings (SSSR count). The molecule has 37 heavy (non-hydrogen) atoms. The molecule has 2 fully saturated rings. The van der Waals surface area contributed by atoms with Crippen LogP contribution in [0.25, 0.3) is 0 Å². The molecule has 2 atom stereocenters. The lowest BCUT2D eigenvalue weighted by Crippen LogP contribution is -2.45. The Bertz CT molecular complexity index is 1220. The summed E-state index contributed by atoms with van der Waals surface area (Å²) in [6.45, 7) is 3.81. The number of hydrogen-bond acceptors (Lipinski definition) is 2. The van der Waals surface area contributed by atoms with Gasteiger partial charge in [0.1, 0.15) is 23.2 Å². The smallest absolute Gasteiger partial charge is 0.264 e. The highest BCUT2D eigenvalue weighted by Gasteiger charge is 2.59. The van der Waals surface area contributed by atoms with Crippen LogP contribution >= 0.6 is 7.26 Å². The summed E-state index contributed by atoms with van der Waals surface area (Å²) in [5.74, 6) is 0.344. The highest BCUT2D eigenvalue weighted by atomic mass is 31.2. The Morgan fingerprint density at radius 2 is 1.11 bits per heavy atom. The molecule has 2 aliphatic rings. The van der Waals surface area contributed by atoms with Crippen molar-refractivity contribution in [2.75, 3.05) is 19.6 Å². The predicted molar refractivity (Wildman–Crippen MR) is 155 cm³/mol. The second kappa shape index (κ2) is 10.6. The van der Waals surface area contributed by atoms with Crippen LogP contribution in [0.4, 0.5) is 0 Å². The number of rotatable bonds is 7. The normalized spacial score (nSPS) is 20.4. The van der Waals surface area contributed by atoms with E-state index >= 15 is 0 Å². The second-order valence-corrected chi connectivity index (χ2v) is 13.8. The Morgan fingerprint density at radius 3 is 1.62 bits per heavy atom. The first-order valence-corrected chi connectivity index (χ1v) is 15.2. The zero-order chi connectivity index (χ0) is 25.1. The molecule has 4 aromatic rings. The van der Waals surface area contributed by atoms with Crippen LogP contribution in [0, 0.1) is 0 Å². The van der Waals surface area contributed by atoms with Crippen molar-refractivity contribution in [3.63, 3.8) is 0 Å². The highest BCUT2D eigenvalue weighted by molar-refractivity contribution is 7.96. The minimum Gasteiger partial charge on any atom is -0.335 e. The van der Waals surface area contributed by atoms with Crippen LogP contribution in [-0.4, -0.2) is 47.0 Å². The number of benzene rings is 4. The van der Waals surface area contributed by atoms with Crippen LogP contribution in [0.2, 0.25) is 0 Å². The fourth-order valence-electron chi connectivity index (χ4n) is 6.44. The molecule has 186 valence electrons. The Kier molecular flexibility index (Phi) is 6.91. The Morgan fingerprint density at radius 1 is 0.622 bits per heavy atom. The van der Waals surface area contributed by atoms with Crippen LogP contribution in [0.15, 0.2) is 121 Å². The van der Waals surface area contributed by atoms with Gasteiger partial charge in [-0.3, -0.25) is 9.69 Å². The van der Waals surface area contributed by atoms with Crippen LogP contribution in [0.3, 0.4) is 0 Å². The maximum atomic E-state index is 14.5. The fourth-order valence-corrected chi connectivity index (χ4v) is 11.3. The third-order valence-corrected chi connectivity index (χ3v) is 12.9. The first kappa shape index (κ1) is 24.1. The summed E-state index contributed by atoms with van der Waals surface area (Å²) in [4.78, 5) is 19.2. The first-order chi connectivity index (χ1) is 18.3. The molecule has 1 amide bonds. The minimum atomic E-state index is -2.21. The largest absolute Gasteiger partial charge is 0.335 e. The van der Waals surface area contributed by atoms with Gasteiger partial charge in [-0.25, -0.2) is 0 Å². The van der Waals surface area contributed by atoms with Crippen LogP contribution in [0.5, 0.6) is 0 Å². The average Bonchev–Trinajstić information content (AvgIpc) is 3.58. The molecule has 1 unspecified atom stereocenters. The van der Waals surface area contributed by atoms with Crippen LogP contribution < -0.4 is 15.9 Å². The zero-order valence-electron chi connectivity index (χ0n) is 21.2.